The molecule has 0 saturated carbocycles. The molecule has 0 aliphatic rings. The predicted molar refractivity (Wildman–Crippen MR) is 88.9 cm³/mol. The molecule has 0 fully saturated rings. The fourth-order valence-electron chi connectivity index (χ4n) is 1.94. The van der Waals surface area contributed by atoms with Crippen LogP contribution in [0.4, 0.5) is 19.3 Å². The summed E-state index contributed by atoms with van der Waals surface area (Å²) < 4.78 is 28.3. The molecule has 0 aliphatic carbocycles. The maximum atomic E-state index is 12.0. The molecule has 25 heavy (non-hydrogen) atoms. The molecule has 8 heteroatoms. The van der Waals surface area contributed by atoms with E-state index in [1.165, 1.54) is 24.3 Å². The van der Waals surface area contributed by atoms with Crippen molar-refractivity contribution in [2.75, 3.05) is 18.4 Å². The average Bonchev–Trinajstić information content (AvgIpc) is 2.60. The zero-order valence-corrected chi connectivity index (χ0v) is 13.2. The summed E-state index contributed by atoms with van der Waals surface area (Å²) in [5, 5.41) is 7.78. The largest absolute Gasteiger partial charge is 0.435 e. The SMILES string of the molecule is O=C(NCCNC(=O)c1ccccc1)Nc1ccc(OC(F)F)cc1. The van der Waals surface area contributed by atoms with E-state index in [0.717, 1.165) is 0 Å². The Morgan fingerprint density at radius 3 is 2.20 bits per heavy atom. The van der Waals surface area contributed by atoms with Gasteiger partial charge in [0.2, 0.25) is 0 Å². The van der Waals surface area contributed by atoms with Gasteiger partial charge in [-0.3, -0.25) is 4.79 Å². The van der Waals surface area contributed by atoms with Gasteiger partial charge in [0.1, 0.15) is 5.75 Å². The van der Waals surface area contributed by atoms with E-state index in [2.05, 4.69) is 20.7 Å². The van der Waals surface area contributed by atoms with Crippen LogP contribution in [-0.2, 0) is 0 Å². The van der Waals surface area contributed by atoms with Crippen LogP contribution in [0.3, 0.4) is 0 Å². The third kappa shape index (κ3) is 6.46. The number of nitrogens with one attached hydrogen (secondary N) is 3. The molecule has 0 radical (unpaired) electrons. The second-order valence-electron chi connectivity index (χ2n) is 4.91. The normalized spacial score (nSPS) is 10.2. The number of anilines is 1. The van der Waals surface area contributed by atoms with Crippen molar-refractivity contribution in [3.05, 3.63) is 60.2 Å². The summed E-state index contributed by atoms with van der Waals surface area (Å²) in [6, 6.07) is 13.8. The maximum absolute atomic E-state index is 12.0. The highest BCUT2D eigenvalue weighted by molar-refractivity contribution is 5.94. The third-order valence-electron chi connectivity index (χ3n) is 3.07. The monoisotopic (exact) mass is 349 g/mol. The van der Waals surface area contributed by atoms with E-state index in [1.807, 2.05) is 6.07 Å². The molecular formula is C17H17F2N3O3. The number of ether oxygens (including phenoxy) is 1. The Kier molecular flexibility index (Phi) is 6.70. The van der Waals surface area contributed by atoms with Crippen molar-refractivity contribution in [3.8, 4) is 5.75 Å². The van der Waals surface area contributed by atoms with Gasteiger partial charge in [0.05, 0.1) is 0 Å². The van der Waals surface area contributed by atoms with E-state index in [1.54, 1.807) is 24.3 Å². The van der Waals surface area contributed by atoms with Crippen LogP contribution in [0.5, 0.6) is 5.75 Å². The Morgan fingerprint density at radius 2 is 1.56 bits per heavy atom. The maximum Gasteiger partial charge on any atom is 0.387 e. The molecule has 2 aromatic rings. The second-order valence-corrected chi connectivity index (χ2v) is 4.91. The topological polar surface area (TPSA) is 79.5 Å². The van der Waals surface area contributed by atoms with Crippen molar-refractivity contribution in [3.63, 3.8) is 0 Å². The van der Waals surface area contributed by atoms with Gasteiger partial charge in [-0.25, -0.2) is 4.79 Å². The number of benzene rings is 2. The number of hydrogen-bond donors (Lipinski definition) is 3. The van der Waals surface area contributed by atoms with Gasteiger partial charge < -0.3 is 20.7 Å². The fraction of sp³-hybridized carbons (Fsp3) is 0.176. The molecule has 2 aromatic carbocycles. The van der Waals surface area contributed by atoms with Gasteiger partial charge in [-0.1, -0.05) is 18.2 Å². The van der Waals surface area contributed by atoms with Crippen LogP contribution >= 0.6 is 0 Å². The highest BCUT2D eigenvalue weighted by Gasteiger charge is 2.06. The van der Waals surface area contributed by atoms with Crippen LogP contribution in [0.2, 0.25) is 0 Å². The van der Waals surface area contributed by atoms with Crippen LogP contribution in [0, 0.1) is 0 Å². The number of urea groups is 1. The Hall–Kier alpha value is -3.16. The number of amides is 3. The Morgan fingerprint density at radius 1 is 0.920 bits per heavy atom. The van der Waals surface area contributed by atoms with Crippen LogP contribution in [0.15, 0.2) is 54.6 Å². The zero-order chi connectivity index (χ0) is 18.1. The van der Waals surface area contributed by atoms with Gasteiger partial charge in [-0.2, -0.15) is 8.78 Å². The molecule has 0 aliphatic heterocycles. The van der Waals surface area contributed by atoms with Crippen molar-refractivity contribution < 1.29 is 23.1 Å². The lowest BCUT2D eigenvalue weighted by Crippen LogP contribution is -2.36. The second kappa shape index (κ2) is 9.21. The van der Waals surface area contributed by atoms with E-state index in [-0.39, 0.29) is 24.7 Å². The van der Waals surface area contributed by atoms with E-state index in [0.29, 0.717) is 11.3 Å². The van der Waals surface area contributed by atoms with E-state index < -0.39 is 12.6 Å². The van der Waals surface area contributed by atoms with E-state index in [4.69, 9.17) is 0 Å². The predicted octanol–water partition coefficient (Wildman–Crippen LogP) is 2.84. The van der Waals surface area contributed by atoms with Gasteiger partial charge >= 0.3 is 12.6 Å². The van der Waals surface area contributed by atoms with Crippen LogP contribution in [0.1, 0.15) is 10.4 Å². The van der Waals surface area contributed by atoms with Gasteiger partial charge in [0, 0.05) is 24.3 Å². The van der Waals surface area contributed by atoms with Crippen molar-refractivity contribution in [2.45, 2.75) is 6.61 Å². The molecule has 0 atom stereocenters. The standard InChI is InChI=1S/C17H17F2N3O3/c18-16(19)25-14-8-6-13(7-9-14)22-17(24)21-11-10-20-15(23)12-4-2-1-3-5-12/h1-9,16H,10-11H2,(H,20,23)(H2,21,22,24). The summed E-state index contributed by atoms with van der Waals surface area (Å²) in [6.07, 6.45) is 0. The quantitative estimate of drug-likeness (QED) is 0.673. The number of halogens is 2. The first-order valence-electron chi connectivity index (χ1n) is 7.47. The number of alkyl halides is 2. The highest BCUT2D eigenvalue weighted by atomic mass is 19.3. The molecule has 0 unspecified atom stereocenters. The minimum Gasteiger partial charge on any atom is -0.435 e. The molecule has 0 spiro atoms. The van der Waals surface area contributed by atoms with Gasteiger partial charge in [0.25, 0.3) is 5.91 Å². The zero-order valence-electron chi connectivity index (χ0n) is 13.2. The van der Waals surface area contributed by atoms with Crippen LogP contribution < -0.4 is 20.7 Å². The molecule has 0 aromatic heterocycles. The summed E-state index contributed by atoms with van der Waals surface area (Å²) in [6.45, 7) is -2.40. The van der Waals surface area contributed by atoms with Crippen molar-refractivity contribution in [1.29, 1.82) is 0 Å². The summed E-state index contributed by atoms with van der Waals surface area (Å²) >= 11 is 0. The third-order valence-corrected chi connectivity index (χ3v) is 3.07. The van der Waals surface area contributed by atoms with E-state index >= 15 is 0 Å². The molecule has 132 valence electrons. The first-order valence-corrected chi connectivity index (χ1v) is 7.47. The number of carbonyl (C=O) groups excluding carboxylic acids is 2. The summed E-state index contributed by atoms with van der Waals surface area (Å²) in [5.74, 6) is -0.220. The Labute approximate surface area is 143 Å². The van der Waals surface area contributed by atoms with Crippen LogP contribution in [-0.4, -0.2) is 31.6 Å². The number of rotatable bonds is 7. The first-order chi connectivity index (χ1) is 12.0. The Balaban J connectivity index is 1.68. The van der Waals surface area contributed by atoms with Gasteiger partial charge in [-0.15, -0.1) is 0 Å². The van der Waals surface area contributed by atoms with Crippen molar-refractivity contribution in [1.82, 2.24) is 10.6 Å². The molecule has 3 amide bonds. The molecule has 3 N–H and O–H groups in total. The molecule has 0 saturated heterocycles. The van der Waals surface area contributed by atoms with Gasteiger partial charge in [-0.05, 0) is 36.4 Å². The molecular weight excluding hydrogens is 332 g/mol. The summed E-state index contributed by atoms with van der Waals surface area (Å²) in [4.78, 5) is 23.5. The summed E-state index contributed by atoms with van der Waals surface area (Å²) in [7, 11) is 0. The highest BCUT2D eigenvalue weighted by Crippen LogP contribution is 2.17. The molecule has 6 nitrogen and oxygen atoms in total. The summed E-state index contributed by atoms with van der Waals surface area (Å²) in [5.41, 5.74) is 0.963. The minimum absolute atomic E-state index is 0.00424. The van der Waals surface area contributed by atoms with Crippen molar-refractivity contribution >= 4 is 17.6 Å². The molecule has 0 bridgehead atoms. The fourth-order valence-corrected chi connectivity index (χ4v) is 1.94. The Bertz CT molecular complexity index is 694. The number of hydrogen-bond acceptors (Lipinski definition) is 3. The lowest BCUT2D eigenvalue weighted by Gasteiger charge is -2.09. The lowest BCUT2D eigenvalue weighted by atomic mass is 10.2. The lowest BCUT2D eigenvalue weighted by molar-refractivity contribution is -0.0498. The smallest absolute Gasteiger partial charge is 0.387 e. The average molecular weight is 349 g/mol. The first kappa shape index (κ1) is 18.2. The van der Waals surface area contributed by atoms with Crippen LogP contribution in [0.25, 0.3) is 0 Å². The molecule has 2 rings (SSSR count). The minimum atomic E-state index is -2.90. The van der Waals surface area contributed by atoms with Gasteiger partial charge in [0.15, 0.2) is 0 Å². The van der Waals surface area contributed by atoms with Crippen molar-refractivity contribution in [2.24, 2.45) is 0 Å². The van der Waals surface area contributed by atoms with E-state index in [9.17, 15) is 18.4 Å². The molecule has 0 heterocycles. The number of carbonyl (C=O) groups is 2.